The molecule has 1 aromatic carbocycles. The van der Waals surface area contributed by atoms with E-state index in [1.807, 2.05) is 43.3 Å². The van der Waals surface area contributed by atoms with Crippen LogP contribution in [0.15, 0.2) is 47.1 Å². The number of rotatable bonds is 5. The van der Waals surface area contributed by atoms with E-state index < -0.39 is 0 Å². The van der Waals surface area contributed by atoms with E-state index in [1.165, 1.54) is 0 Å². The smallest absolute Gasteiger partial charge is 0.138 e. The maximum Gasteiger partial charge on any atom is 0.138 e. The second kappa shape index (κ2) is 6.68. The number of nitrogens with zero attached hydrogens (tertiary/aromatic N) is 1. The molecule has 1 atom stereocenters. The lowest BCUT2D eigenvalue weighted by molar-refractivity contribution is 0.304. The third kappa shape index (κ3) is 4.04. The van der Waals surface area contributed by atoms with Gasteiger partial charge in [0.1, 0.15) is 12.4 Å². The Morgan fingerprint density at radius 1 is 1.21 bits per heavy atom. The minimum Gasteiger partial charge on any atom is -0.487 e. The summed E-state index contributed by atoms with van der Waals surface area (Å²) in [6.07, 6.45) is 2.61. The van der Waals surface area contributed by atoms with Crippen LogP contribution in [0.3, 0.4) is 0 Å². The van der Waals surface area contributed by atoms with E-state index in [0.29, 0.717) is 6.61 Å². The third-order valence-corrected chi connectivity index (χ3v) is 3.43. The van der Waals surface area contributed by atoms with E-state index in [-0.39, 0.29) is 6.04 Å². The van der Waals surface area contributed by atoms with E-state index in [0.717, 1.165) is 27.9 Å². The molecule has 0 amide bonds. The molecular formula is C15H17BrN2O. The molecule has 19 heavy (non-hydrogen) atoms. The number of halogens is 1. The zero-order valence-electron chi connectivity index (χ0n) is 10.8. The lowest BCUT2D eigenvalue weighted by Gasteiger charge is -2.10. The molecule has 0 fully saturated rings. The summed E-state index contributed by atoms with van der Waals surface area (Å²) < 4.78 is 6.75. The first-order valence-electron chi connectivity index (χ1n) is 6.28. The van der Waals surface area contributed by atoms with Gasteiger partial charge in [0.25, 0.3) is 0 Å². The lowest BCUT2D eigenvalue weighted by Crippen LogP contribution is -2.10. The van der Waals surface area contributed by atoms with Gasteiger partial charge in [-0.15, -0.1) is 0 Å². The summed E-state index contributed by atoms with van der Waals surface area (Å²) in [5.41, 5.74) is 7.94. The van der Waals surface area contributed by atoms with Gasteiger partial charge in [0.15, 0.2) is 0 Å². The average Bonchev–Trinajstić information content (AvgIpc) is 2.46. The van der Waals surface area contributed by atoms with Crippen molar-refractivity contribution >= 4 is 15.9 Å². The molecule has 1 aromatic heterocycles. The molecule has 1 heterocycles. The summed E-state index contributed by atoms with van der Waals surface area (Å²) in [7, 11) is 0. The minimum absolute atomic E-state index is 0.000485. The highest BCUT2D eigenvalue weighted by atomic mass is 79.9. The van der Waals surface area contributed by atoms with Crippen molar-refractivity contribution in [1.82, 2.24) is 4.98 Å². The van der Waals surface area contributed by atoms with Gasteiger partial charge in [-0.1, -0.05) is 35.0 Å². The summed E-state index contributed by atoms with van der Waals surface area (Å²) in [5, 5.41) is 0. The number of hydrogen-bond donors (Lipinski definition) is 1. The first kappa shape index (κ1) is 14.0. The summed E-state index contributed by atoms with van der Waals surface area (Å²) in [4.78, 5) is 4.32. The Labute approximate surface area is 121 Å². The van der Waals surface area contributed by atoms with Gasteiger partial charge in [0.2, 0.25) is 0 Å². The molecule has 100 valence electrons. The van der Waals surface area contributed by atoms with E-state index in [1.54, 1.807) is 6.20 Å². The highest BCUT2D eigenvalue weighted by molar-refractivity contribution is 9.10. The Morgan fingerprint density at radius 2 is 1.95 bits per heavy atom. The molecule has 0 unspecified atom stereocenters. The van der Waals surface area contributed by atoms with Crippen LogP contribution in [0.2, 0.25) is 0 Å². The number of nitrogens with two attached hydrogens (primary N) is 1. The van der Waals surface area contributed by atoms with Crippen molar-refractivity contribution in [3.8, 4) is 5.75 Å². The molecule has 0 aliphatic carbocycles. The van der Waals surface area contributed by atoms with E-state index in [4.69, 9.17) is 10.5 Å². The van der Waals surface area contributed by atoms with Crippen molar-refractivity contribution in [2.24, 2.45) is 5.73 Å². The molecule has 0 saturated carbocycles. The quantitative estimate of drug-likeness (QED) is 0.910. The minimum atomic E-state index is 0.000485. The van der Waals surface area contributed by atoms with Crippen LogP contribution in [0.5, 0.6) is 5.75 Å². The van der Waals surface area contributed by atoms with Gasteiger partial charge in [0.05, 0.1) is 11.9 Å². The van der Waals surface area contributed by atoms with Crippen LogP contribution in [0.25, 0.3) is 0 Å². The first-order chi connectivity index (χ1) is 9.19. The Hall–Kier alpha value is -1.39. The molecule has 0 spiro atoms. The van der Waals surface area contributed by atoms with Crippen molar-refractivity contribution in [2.45, 2.75) is 26.0 Å². The Kier molecular flexibility index (Phi) is 4.93. The Balaban J connectivity index is 1.94. The van der Waals surface area contributed by atoms with E-state index in [2.05, 4.69) is 20.9 Å². The molecule has 0 bridgehead atoms. The molecule has 3 nitrogen and oxygen atoms in total. The van der Waals surface area contributed by atoms with Crippen LogP contribution in [0.1, 0.15) is 30.6 Å². The number of aromatic nitrogens is 1. The predicted octanol–water partition coefficient (Wildman–Crippen LogP) is 3.83. The molecule has 4 heteroatoms. The number of ether oxygens (including phenoxy) is 1. The maximum atomic E-state index is 5.92. The SMILES string of the molecule is CC[C@@H](N)c1ccc(OCc2ccc(Br)cc2)cn1. The fraction of sp³-hybridized carbons (Fsp3) is 0.267. The van der Waals surface area contributed by atoms with Crippen LogP contribution >= 0.6 is 15.9 Å². The summed E-state index contributed by atoms with van der Waals surface area (Å²) >= 11 is 3.41. The molecular weight excluding hydrogens is 304 g/mol. The van der Waals surface area contributed by atoms with Crippen LogP contribution in [0.4, 0.5) is 0 Å². The largest absolute Gasteiger partial charge is 0.487 e. The highest BCUT2D eigenvalue weighted by Gasteiger charge is 2.04. The molecule has 2 rings (SSSR count). The topological polar surface area (TPSA) is 48.1 Å². The summed E-state index contributed by atoms with van der Waals surface area (Å²) in [6, 6.07) is 11.9. The van der Waals surface area contributed by atoms with Gasteiger partial charge >= 0.3 is 0 Å². The number of pyridine rings is 1. The van der Waals surface area contributed by atoms with Gasteiger partial charge in [-0.25, -0.2) is 0 Å². The summed E-state index contributed by atoms with van der Waals surface area (Å²) in [6.45, 7) is 2.58. The molecule has 0 aliphatic heterocycles. The highest BCUT2D eigenvalue weighted by Crippen LogP contribution is 2.17. The van der Waals surface area contributed by atoms with Crippen LogP contribution in [-0.4, -0.2) is 4.98 Å². The predicted molar refractivity (Wildman–Crippen MR) is 79.9 cm³/mol. The van der Waals surface area contributed by atoms with Crippen molar-refractivity contribution in [2.75, 3.05) is 0 Å². The van der Waals surface area contributed by atoms with Crippen molar-refractivity contribution < 1.29 is 4.74 Å². The van der Waals surface area contributed by atoms with Gasteiger partial charge in [0, 0.05) is 10.5 Å². The van der Waals surface area contributed by atoms with Crippen molar-refractivity contribution in [3.05, 3.63) is 58.3 Å². The standard InChI is InChI=1S/C15H17BrN2O/c1-2-14(17)15-8-7-13(9-18-15)19-10-11-3-5-12(16)6-4-11/h3-9,14H,2,10,17H2,1H3/t14-/m1/s1. The first-order valence-corrected chi connectivity index (χ1v) is 7.07. The third-order valence-electron chi connectivity index (χ3n) is 2.90. The normalized spacial score (nSPS) is 12.2. The lowest BCUT2D eigenvalue weighted by atomic mass is 10.1. The Morgan fingerprint density at radius 3 is 2.53 bits per heavy atom. The van der Waals surface area contributed by atoms with Gasteiger partial charge in [-0.2, -0.15) is 0 Å². The fourth-order valence-corrected chi connectivity index (χ4v) is 1.92. The monoisotopic (exact) mass is 320 g/mol. The molecule has 0 saturated heterocycles. The molecule has 2 aromatic rings. The second-order valence-corrected chi connectivity index (χ2v) is 5.26. The van der Waals surface area contributed by atoms with Gasteiger partial charge in [-0.3, -0.25) is 4.98 Å². The maximum absolute atomic E-state index is 5.92. The Bertz CT molecular complexity index is 511. The van der Waals surface area contributed by atoms with E-state index >= 15 is 0 Å². The number of hydrogen-bond acceptors (Lipinski definition) is 3. The molecule has 0 aliphatic rings. The average molecular weight is 321 g/mol. The zero-order valence-corrected chi connectivity index (χ0v) is 12.4. The van der Waals surface area contributed by atoms with Gasteiger partial charge < -0.3 is 10.5 Å². The van der Waals surface area contributed by atoms with Gasteiger partial charge in [-0.05, 0) is 36.2 Å². The van der Waals surface area contributed by atoms with E-state index in [9.17, 15) is 0 Å². The number of benzene rings is 1. The molecule has 0 radical (unpaired) electrons. The fourth-order valence-electron chi connectivity index (χ4n) is 1.65. The van der Waals surface area contributed by atoms with Crippen LogP contribution in [-0.2, 0) is 6.61 Å². The molecule has 2 N–H and O–H groups in total. The zero-order chi connectivity index (χ0) is 13.7. The van der Waals surface area contributed by atoms with Crippen molar-refractivity contribution in [1.29, 1.82) is 0 Å². The van der Waals surface area contributed by atoms with Crippen molar-refractivity contribution in [3.63, 3.8) is 0 Å². The second-order valence-electron chi connectivity index (χ2n) is 4.35. The summed E-state index contributed by atoms with van der Waals surface area (Å²) in [5.74, 6) is 0.759. The van der Waals surface area contributed by atoms with Crippen LogP contribution in [0, 0.1) is 0 Å². The van der Waals surface area contributed by atoms with Crippen LogP contribution < -0.4 is 10.5 Å².